The Balaban J connectivity index is 1.58. The number of aliphatic hydroxyl groups excluding tert-OH is 1. The highest BCUT2D eigenvalue weighted by Crippen LogP contribution is 2.36. The Kier molecular flexibility index (Phi) is 3.85. The van der Waals surface area contributed by atoms with Gasteiger partial charge in [0.1, 0.15) is 5.82 Å². The van der Waals surface area contributed by atoms with E-state index < -0.39 is 6.10 Å². The second kappa shape index (κ2) is 5.59. The van der Waals surface area contributed by atoms with Crippen LogP contribution in [0.2, 0.25) is 0 Å². The summed E-state index contributed by atoms with van der Waals surface area (Å²) in [7, 11) is 0. The van der Waals surface area contributed by atoms with Crippen molar-refractivity contribution < 1.29 is 9.50 Å². The fraction of sp³-hybridized carbons (Fsp3) is 0.625. The molecule has 0 amide bonds. The van der Waals surface area contributed by atoms with Crippen LogP contribution >= 0.6 is 0 Å². The Morgan fingerprint density at radius 1 is 1.11 bits per heavy atom. The van der Waals surface area contributed by atoms with Crippen molar-refractivity contribution in [2.45, 2.75) is 31.8 Å². The lowest BCUT2D eigenvalue weighted by Gasteiger charge is -2.23. The van der Waals surface area contributed by atoms with Crippen molar-refractivity contribution in [3.63, 3.8) is 0 Å². The molecule has 0 bridgehead atoms. The molecule has 1 aromatic rings. The molecule has 2 fully saturated rings. The third-order valence-corrected chi connectivity index (χ3v) is 4.74. The second-order valence-electron chi connectivity index (χ2n) is 6.09. The van der Waals surface area contributed by atoms with Gasteiger partial charge in [0.15, 0.2) is 0 Å². The van der Waals surface area contributed by atoms with Crippen molar-refractivity contribution in [2.24, 2.45) is 11.8 Å². The zero-order valence-electron chi connectivity index (χ0n) is 11.3. The van der Waals surface area contributed by atoms with Crippen LogP contribution in [0.1, 0.15) is 37.4 Å². The van der Waals surface area contributed by atoms with E-state index in [0.29, 0.717) is 6.54 Å². The Labute approximate surface area is 114 Å². The number of nitrogens with zero attached hydrogens (tertiary/aromatic N) is 1. The van der Waals surface area contributed by atoms with Gasteiger partial charge in [0.2, 0.25) is 0 Å². The molecule has 2 nitrogen and oxygen atoms in total. The van der Waals surface area contributed by atoms with Gasteiger partial charge in [0, 0.05) is 19.6 Å². The number of rotatable bonds is 3. The minimum atomic E-state index is -0.499. The first-order chi connectivity index (χ1) is 9.22. The van der Waals surface area contributed by atoms with Crippen LogP contribution in [-0.2, 0) is 0 Å². The molecule has 1 heterocycles. The molecule has 3 atom stereocenters. The van der Waals surface area contributed by atoms with Crippen LogP contribution in [0.4, 0.5) is 4.39 Å². The van der Waals surface area contributed by atoms with Crippen molar-refractivity contribution in [3.05, 3.63) is 35.6 Å². The van der Waals surface area contributed by atoms with Gasteiger partial charge in [0.05, 0.1) is 6.10 Å². The Morgan fingerprint density at radius 2 is 1.68 bits per heavy atom. The number of fused-ring (bicyclic) bond motifs is 1. The molecular weight excluding hydrogens is 241 g/mol. The van der Waals surface area contributed by atoms with Crippen molar-refractivity contribution in [1.82, 2.24) is 4.90 Å². The lowest BCUT2D eigenvalue weighted by atomic mass is 9.82. The summed E-state index contributed by atoms with van der Waals surface area (Å²) in [6, 6.07) is 6.21. The van der Waals surface area contributed by atoms with Crippen molar-refractivity contribution in [3.8, 4) is 0 Å². The Hall–Kier alpha value is -0.930. The first kappa shape index (κ1) is 13.1. The third kappa shape index (κ3) is 2.98. The van der Waals surface area contributed by atoms with E-state index in [1.165, 1.54) is 37.8 Å². The van der Waals surface area contributed by atoms with Gasteiger partial charge in [-0.15, -0.1) is 0 Å². The summed E-state index contributed by atoms with van der Waals surface area (Å²) in [5, 5.41) is 10.2. The van der Waals surface area contributed by atoms with Crippen molar-refractivity contribution in [2.75, 3.05) is 19.6 Å². The monoisotopic (exact) mass is 263 g/mol. The number of hydrogen-bond donors (Lipinski definition) is 1. The molecule has 3 unspecified atom stereocenters. The predicted octanol–water partition coefficient (Wildman–Crippen LogP) is 2.98. The number of aliphatic hydroxyl groups is 1. The molecule has 1 N–H and O–H groups in total. The van der Waals surface area contributed by atoms with E-state index in [-0.39, 0.29) is 5.82 Å². The maximum atomic E-state index is 12.9. The highest BCUT2D eigenvalue weighted by atomic mass is 19.1. The maximum absolute atomic E-state index is 12.9. The summed E-state index contributed by atoms with van der Waals surface area (Å²) >= 11 is 0. The molecular formula is C16H22FNO. The molecule has 3 heteroatoms. The Morgan fingerprint density at radius 3 is 2.26 bits per heavy atom. The van der Waals surface area contributed by atoms with E-state index in [0.717, 1.165) is 30.5 Å². The van der Waals surface area contributed by atoms with E-state index >= 15 is 0 Å². The van der Waals surface area contributed by atoms with Crippen LogP contribution in [0.5, 0.6) is 0 Å². The average molecular weight is 263 g/mol. The van der Waals surface area contributed by atoms with Gasteiger partial charge in [-0.1, -0.05) is 25.0 Å². The molecule has 104 valence electrons. The highest BCUT2D eigenvalue weighted by molar-refractivity contribution is 5.18. The number of likely N-dealkylation sites (tertiary alicyclic amines) is 1. The van der Waals surface area contributed by atoms with Gasteiger partial charge < -0.3 is 5.11 Å². The molecule has 19 heavy (non-hydrogen) atoms. The SMILES string of the molecule is OC(CN1CC2CCCCC2C1)c1ccc(F)cc1. The number of β-amino-alcohol motifs (C(OH)–C–C–N with tert-alkyl or cyclic N) is 1. The van der Waals surface area contributed by atoms with Crippen LogP contribution in [0, 0.1) is 17.7 Å². The number of hydrogen-bond acceptors (Lipinski definition) is 2. The van der Waals surface area contributed by atoms with Gasteiger partial charge in [-0.25, -0.2) is 4.39 Å². The van der Waals surface area contributed by atoms with Crippen molar-refractivity contribution >= 4 is 0 Å². The summed E-state index contributed by atoms with van der Waals surface area (Å²) in [6.45, 7) is 2.93. The second-order valence-corrected chi connectivity index (χ2v) is 6.09. The van der Waals surface area contributed by atoms with E-state index in [1.54, 1.807) is 12.1 Å². The molecule has 0 aromatic heterocycles. The lowest BCUT2D eigenvalue weighted by Crippen LogP contribution is -2.26. The molecule has 1 saturated carbocycles. The first-order valence-corrected chi connectivity index (χ1v) is 7.38. The molecule has 1 aliphatic heterocycles. The molecule has 1 aromatic carbocycles. The van der Waals surface area contributed by atoms with Gasteiger partial charge in [0.25, 0.3) is 0 Å². The van der Waals surface area contributed by atoms with E-state index in [4.69, 9.17) is 0 Å². The minimum Gasteiger partial charge on any atom is -0.387 e. The third-order valence-electron chi connectivity index (χ3n) is 4.74. The quantitative estimate of drug-likeness (QED) is 0.906. The molecule has 1 aliphatic carbocycles. The molecule has 1 saturated heterocycles. The van der Waals surface area contributed by atoms with Gasteiger partial charge >= 0.3 is 0 Å². The molecule has 0 radical (unpaired) electrons. The van der Waals surface area contributed by atoms with Gasteiger partial charge in [-0.2, -0.15) is 0 Å². The van der Waals surface area contributed by atoms with Crippen LogP contribution in [0.15, 0.2) is 24.3 Å². The van der Waals surface area contributed by atoms with Crippen LogP contribution in [-0.4, -0.2) is 29.6 Å². The van der Waals surface area contributed by atoms with E-state index in [1.807, 2.05) is 0 Å². The molecule has 2 aliphatic rings. The topological polar surface area (TPSA) is 23.5 Å². The maximum Gasteiger partial charge on any atom is 0.123 e. The summed E-state index contributed by atoms with van der Waals surface area (Å²) < 4.78 is 12.9. The zero-order valence-corrected chi connectivity index (χ0v) is 11.3. The Bertz CT molecular complexity index is 405. The van der Waals surface area contributed by atoms with E-state index in [9.17, 15) is 9.50 Å². The number of benzene rings is 1. The van der Waals surface area contributed by atoms with Crippen LogP contribution in [0.3, 0.4) is 0 Å². The average Bonchev–Trinajstić information content (AvgIpc) is 2.81. The first-order valence-electron chi connectivity index (χ1n) is 7.38. The number of halogens is 1. The molecule has 3 rings (SSSR count). The smallest absolute Gasteiger partial charge is 0.123 e. The summed E-state index contributed by atoms with van der Waals surface area (Å²) in [5.41, 5.74) is 0.816. The van der Waals surface area contributed by atoms with Crippen LogP contribution < -0.4 is 0 Å². The minimum absolute atomic E-state index is 0.247. The fourth-order valence-corrected chi connectivity index (χ4v) is 3.69. The zero-order chi connectivity index (χ0) is 13.2. The summed E-state index contributed by atoms with van der Waals surface area (Å²) in [6.07, 6.45) is 4.95. The predicted molar refractivity (Wildman–Crippen MR) is 73.2 cm³/mol. The van der Waals surface area contributed by atoms with E-state index in [2.05, 4.69) is 4.90 Å². The standard InChI is InChI=1S/C16H22FNO/c17-15-7-5-12(6-8-15)16(19)11-18-9-13-3-1-2-4-14(13)10-18/h5-8,13-14,16,19H,1-4,9-11H2. The normalized spacial score (nSPS) is 29.2. The van der Waals surface area contributed by atoms with Crippen molar-refractivity contribution in [1.29, 1.82) is 0 Å². The van der Waals surface area contributed by atoms with Gasteiger partial charge in [-0.3, -0.25) is 4.90 Å². The highest BCUT2D eigenvalue weighted by Gasteiger charge is 2.34. The summed E-state index contributed by atoms with van der Waals surface area (Å²) in [4.78, 5) is 2.38. The van der Waals surface area contributed by atoms with Crippen LogP contribution in [0.25, 0.3) is 0 Å². The summed E-state index contributed by atoms with van der Waals surface area (Å²) in [5.74, 6) is 1.44. The molecule has 0 spiro atoms. The lowest BCUT2D eigenvalue weighted by molar-refractivity contribution is 0.123. The van der Waals surface area contributed by atoms with Gasteiger partial charge in [-0.05, 0) is 42.4 Å². The largest absolute Gasteiger partial charge is 0.387 e. The fourth-order valence-electron chi connectivity index (χ4n) is 3.69.